The lowest BCUT2D eigenvalue weighted by Crippen LogP contribution is -2.49. The fraction of sp³-hybridized carbons (Fsp3) is 0.160. The maximum atomic E-state index is 12.5. The van der Waals surface area contributed by atoms with E-state index in [0.29, 0.717) is 28.1 Å². The molecular formula is C25H23Br2N3O4S. The van der Waals surface area contributed by atoms with E-state index in [0.717, 1.165) is 16.5 Å². The molecule has 35 heavy (non-hydrogen) atoms. The maximum Gasteiger partial charge on any atom is 0.276 e. The van der Waals surface area contributed by atoms with Crippen molar-refractivity contribution in [2.24, 2.45) is 0 Å². The fourth-order valence-corrected chi connectivity index (χ4v) is 4.08. The predicted octanol–water partition coefficient (Wildman–Crippen LogP) is 4.86. The Hall–Kier alpha value is -2.95. The van der Waals surface area contributed by atoms with Crippen LogP contribution in [0.5, 0.6) is 11.5 Å². The molecule has 0 aliphatic rings. The van der Waals surface area contributed by atoms with Crippen molar-refractivity contribution in [2.45, 2.75) is 13.3 Å². The van der Waals surface area contributed by atoms with Crippen LogP contribution in [-0.2, 0) is 11.2 Å². The van der Waals surface area contributed by atoms with Gasteiger partial charge in [-0.25, -0.2) is 0 Å². The van der Waals surface area contributed by atoms with Crippen molar-refractivity contribution in [3.8, 4) is 11.5 Å². The van der Waals surface area contributed by atoms with E-state index >= 15 is 0 Å². The van der Waals surface area contributed by atoms with Gasteiger partial charge in [0.05, 0.1) is 11.1 Å². The van der Waals surface area contributed by atoms with Crippen molar-refractivity contribution in [1.82, 2.24) is 16.2 Å². The Kier molecular flexibility index (Phi) is 10.1. The van der Waals surface area contributed by atoms with Crippen LogP contribution >= 0.6 is 44.1 Å². The van der Waals surface area contributed by atoms with Gasteiger partial charge in [0, 0.05) is 16.5 Å². The number of halogens is 2. The van der Waals surface area contributed by atoms with Gasteiger partial charge >= 0.3 is 0 Å². The normalized spacial score (nSPS) is 10.3. The lowest BCUT2D eigenvalue weighted by atomic mass is 10.2. The molecule has 3 N–H and O–H groups in total. The second-order valence-electron chi connectivity index (χ2n) is 7.38. The van der Waals surface area contributed by atoms with Gasteiger partial charge in [-0.2, -0.15) is 0 Å². The smallest absolute Gasteiger partial charge is 0.276 e. The average molecular weight is 621 g/mol. The van der Waals surface area contributed by atoms with E-state index in [9.17, 15) is 9.59 Å². The summed E-state index contributed by atoms with van der Waals surface area (Å²) in [6, 6.07) is 20.5. The molecule has 0 radical (unpaired) electrons. The molecule has 0 spiro atoms. The van der Waals surface area contributed by atoms with E-state index in [1.165, 1.54) is 5.56 Å². The lowest BCUT2D eigenvalue weighted by molar-refractivity contribution is -0.123. The monoisotopic (exact) mass is 619 g/mol. The molecule has 7 nitrogen and oxygen atoms in total. The summed E-state index contributed by atoms with van der Waals surface area (Å²) in [7, 11) is 0. The first-order chi connectivity index (χ1) is 16.8. The number of aryl methyl sites for hydroxylation is 1. The maximum absolute atomic E-state index is 12.5. The molecule has 10 heteroatoms. The number of carbonyl (C=O) groups is 2. The van der Waals surface area contributed by atoms with Gasteiger partial charge in [0.1, 0.15) is 11.5 Å². The van der Waals surface area contributed by atoms with Crippen LogP contribution in [0.2, 0.25) is 0 Å². The van der Waals surface area contributed by atoms with Crippen LogP contribution in [0.4, 0.5) is 0 Å². The summed E-state index contributed by atoms with van der Waals surface area (Å²) in [5.41, 5.74) is 7.32. The van der Waals surface area contributed by atoms with Crippen molar-refractivity contribution in [3.63, 3.8) is 0 Å². The van der Waals surface area contributed by atoms with Gasteiger partial charge in [-0.1, -0.05) is 46.3 Å². The minimum atomic E-state index is -0.455. The summed E-state index contributed by atoms with van der Waals surface area (Å²) in [6.07, 6.45) is 0.773. The molecule has 0 saturated heterocycles. The molecule has 0 fully saturated rings. The summed E-state index contributed by atoms with van der Waals surface area (Å²) in [4.78, 5) is 24.5. The Morgan fingerprint density at radius 3 is 2.37 bits per heavy atom. The quantitative estimate of drug-likeness (QED) is 0.246. The standard InChI is InChI=1S/C25H23Br2N3O4S/c1-16-13-19(26)8-10-21(16)34-15-23(31)29-30-25(35)28-24(32)18-7-9-22(20(27)14-18)33-12-11-17-5-3-2-4-6-17/h2-10,13-14H,11-12,15H2,1H3,(H,29,31)(H2,28,30,32,35). The largest absolute Gasteiger partial charge is 0.492 e. The van der Waals surface area contributed by atoms with Crippen molar-refractivity contribution in [2.75, 3.05) is 13.2 Å². The van der Waals surface area contributed by atoms with Crippen LogP contribution in [0.3, 0.4) is 0 Å². The average Bonchev–Trinajstić information content (AvgIpc) is 2.83. The summed E-state index contributed by atoms with van der Waals surface area (Å²) < 4.78 is 12.9. The molecule has 2 amide bonds. The Bertz CT molecular complexity index is 1210. The number of hydrazine groups is 1. The van der Waals surface area contributed by atoms with Gasteiger partial charge in [-0.15, -0.1) is 0 Å². The summed E-state index contributed by atoms with van der Waals surface area (Å²) in [5, 5.41) is 2.46. The van der Waals surface area contributed by atoms with Crippen molar-refractivity contribution in [3.05, 3.63) is 92.4 Å². The zero-order valence-corrected chi connectivity index (χ0v) is 22.8. The number of nitrogens with one attached hydrogen (secondary N) is 3. The molecule has 3 rings (SSSR count). The highest BCUT2D eigenvalue weighted by atomic mass is 79.9. The fourth-order valence-electron chi connectivity index (χ4n) is 2.97. The third kappa shape index (κ3) is 8.65. The Morgan fingerprint density at radius 2 is 1.66 bits per heavy atom. The molecule has 0 unspecified atom stereocenters. The molecule has 3 aromatic carbocycles. The molecule has 0 aromatic heterocycles. The Balaban J connectivity index is 1.41. The van der Waals surface area contributed by atoms with Gasteiger partial charge in [0.15, 0.2) is 11.7 Å². The highest BCUT2D eigenvalue weighted by Crippen LogP contribution is 2.26. The van der Waals surface area contributed by atoms with Crippen molar-refractivity contribution in [1.29, 1.82) is 0 Å². The number of hydrogen-bond donors (Lipinski definition) is 3. The van der Waals surface area contributed by atoms with E-state index in [-0.39, 0.29) is 11.7 Å². The molecule has 0 saturated carbocycles. The van der Waals surface area contributed by atoms with E-state index in [1.807, 2.05) is 49.4 Å². The molecule has 0 bridgehead atoms. The van der Waals surface area contributed by atoms with Gasteiger partial charge in [-0.05, 0) is 82.6 Å². The summed E-state index contributed by atoms with van der Waals surface area (Å²) >= 11 is 11.9. The third-order valence-corrected chi connectivity index (χ3v) is 6.04. The van der Waals surface area contributed by atoms with Gasteiger partial charge in [0.25, 0.3) is 11.8 Å². The first-order valence-electron chi connectivity index (χ1n) is 10.6. The van der Waals surface area contributed by atoms with Crippen LogP contribution in [0.15, 0.2) is 75.7 Å². The zero-order chi connectivity index (χ0) is 25.2. The number of thiocarbonyl (C=S) groups is 1. The summed E-state index contributed by atoms with van der Waals surface area (Å²) in [5.74, 6) is 0.336. The van der Waals surface area contributed by atoms with Gasteiger partial charge < -0.3 is 9.47 Å². The van der Waals surface area contributed by atoms with Gasteiger partial charge in [0.2, 0.25) is 0 Å². The van der Waals surface area contributed by atoms with Crippen LogP contribution in [-0.4, -0.2) is 30.1 Å². The molecule has 0 atom stereocenters. The number of carbonyl (C=O) groups excluding carboxylic acids is 2. The van der Waals surface area contributed by atoms with E-state index in [4.69, 9.17) is 21.7 Å². The minimum Gasteiger partial charge on any atom is -0.492 e. The predicted molar refractivity (Wildman–Crippen MR) is 145 cm³/mol. The number of amides is 2. The van der Waals surface area contributed by atoms with Crippen molar-refractivity contribution < 1.29 is 19.1 Å². The number of benzene rings is 3. The highest BCUT2D eigenvalue weighted by Gasteiger charge is 2.12. The van der Waals surface area contributed by atoms with Crippen LogP contribution in [0, 0.1) is 6.92 Å². The number of ether oxygens (including phenoxy) is 2. The Morgan fingerprint density at radius 1 is 0.914 bits per heavy atom. The Labute approximate surface area is 225 Å². The molecular weight excluding hydrogens is 598 g/mol. The highest BCUT2D eigenvalue weighted by molar-refractivity contribution is 9.10. The van der Waals surface area contributed by atoms with Gasteiger partial charge in [-0.3, -0.25) is 25.8 Å². The number of rotatable bonds is 8. The van der Waals surface area contributed by atoms with E-state index in [2.05, 4.69) is 48.0 Å². The first kappa shape index (κ1) is 26.7. The number of hydrogen-bond acceptors (Lipinski definition) is 5. The van der Waals surface area contributed by atoms with Crippen LogP contribution in [0.1, 0.15) is 21.5 Å². The molecule has 0 aliphatic heterocycles. The first-order valence-corrected chi connectivity index (χ1v) is 12.6. The third-order valence-electron chi connectivity index (χ3n) is 4.72. The topological polar surface area (TPSA) is 88.7 Å². The van der Waals surface area contributed by atoms with Crippen molar-refractivity contribution >= 4 is 61.0 Å². The van der Waals surface area contributed by atoms with Crippen LogP contribution < -0.4 is 25.6 Å². The molecule has 182 valence electrons. The summed E-state index contributed by atoms with van der Waals surface area (Å²) in [6.45, 7) is 2.17. The van der Waals surface area contributed by atoms with E-state index < -0.39 is 11.8 Å². The zero-order valence-electron chi connectivity index (χ0n) is 18.8. The SMILES string of the molecule is Cc1cc(Br)ccc1OCC(=O)NNC(=S)NC(=O)c1ccc(OCCc2ccccc2)c(Br)c1. The second-order valence-corrected chi connectivity index (χ2v) is 9.56. The molecule has 3 aromatic rings. The molecule has 0 aliphatic carbocycles. The second kappa shape index (κ2) is 13.2. The lowest BCUT2D eigenvalue weighted by Gasteiger charge is -2.13. The van der Waals surface area contributed by atoms with Crippen LogP contribution in [0.25, 0.3) is 0 Å². The molecule has 0 heterocycles. The van der Waals surface area contributed by atoms with E-state index in [1.54, 1.807) is 24.3 Å². The minimum absolute atomic E-state index is 0.0533.